The van der Waals surface area contributed by atoms with E-state index in [1.54, 1.807) is 12.3 Å². The Kier molecular flexibility index (Phi) is 2.07. The number of nitrogens with zero attached hydrogens (tertiary/aromatic N) is 2. The van der Waals surface area contributed by atoms with Crippen LogP contribution in [0.25, 0.3) is 0 Å². The van der Waals surface area contributed by atoms with Gasteiger partial charge in [-0.1, -0.05) is 6.92 Å². The van der Waals surface area contributed by atoms with E-state index in [0.717, 1.165) is 12.0 Å². The molecule has 1 aromatic heterocycles. The van der Waals surface area contributed by atoms with Crippen molar-refractivity contribution in [2.45, 2.75) is 13.3 Å². The van der Waals surface area contributed by atoms with Gasteiger partial charge in [-0.15, -0.1) is 0 Å². The van der Waals surface area contributed by atoms with E-state index in [9.17, 15) is 0 Å². The molecule has 0 saturated carbocycles. The second-order valence-corrected chi connectivity index (χ2v) is 2.25. The second kappa shape index (κ2) is 3.02. The largest absolute Gasteiger partial charge is 0.396 e. The summed E-state index contributed by atoms with van der Waals surface area (Å²) in [5.41, 5.74) is 7.35. The van der Waals surface area contributed by atoms with Gasteiger partial charge >= 0.3 is 0 Å². The molecule has 3 nitrogen and oxygen atoms in total. The average Bonchev–Trinajstić information content (AvgIpc) is 2.04. The van der Waals surface area contributed by atoms with E-state index < -0.39 is 0 Å². The number of nitrogen functional groups attached to an aromatic ring is 1. The van der Waals surface area contributed by atoms with Gasteiger partial charge in [-0.25, -0.2) is 4.98 Å². The third kappa shape index (κ3) is 1.47. The second-order valence-electron chi connectivity index (χ2n) is 2.25. The van der Waals surface area contributed by atoms with Crippen molar-refractivity contribution in [1.29, 1.82) is 5.26 Å². The molecule has 3 heteroatoms. The summed E-state index contributed by atoms with van der Waals surface area (Å²) in [6.45, 7) is 2.02. The van der Waals surface area contributed by atoms with Gasteiger partial charge in [0.1, 0.15) is 6.07 Å². The molecule has 0 aliphatic rings. The molecule has 56 valence electrons. The first-order chi connectivity index (χ1) is 5.27. The lowest BCUT2D eigenvalue weighted by Crippen LogP contribution is -1.95. The quantitative estimate of drug-likeness (QED) is 0.646. The molecule has 0 aliphatic heterocycles. The highest BCUT2D eigenvalue weighted by Gasteiger charge is 1.98. The Morgan fingerprint density at radius 2 is 2.45 bits per heavy atom. The molecule has 0 bridgehead atoms. The van der Waals surface area contributed by atoms with Crippen molar-refractivity contribution in [2.24, 2.45) is 0 Å². The summed E-state index contributed by atoms with van der Waals surface area (Å²) in [6.07, 6.45) is 2.57. The van der Waals surface area contributed by atoms with Crippen LogP contribution in [0.1, 0.15) is 18.2 Å². The van der Waals surface area contributed by atoms with E-state index in [0.29, 0.717) is 11.4 Å². The molecule has 11 heavy (non-hydrogen) atoms. The van der Waals surface area contributed by atoms with E-state index in [2.05, 4.69) is 4.98 Å². The Morgan fingerprint density at radius 1 is 1.73 bits per heavy atom. The number of aromatic nitrogens is 1. The van der Waals surface area contributed by atoms with Crippen LogP contribution in [-0.4, -0.2) is 4.98 Å². The number of nitrogens with two attached hydrogens (primary N) is 1. The smallest absolute Gasteiger partial charge is 0.163 e. The minimum absolute atomic E-state index is 0.308. The molecule has 1 rings (SSSR count). The molecule has 0 spiro atoms. The highest BCUT2D eigenvalue weighted by Crippen LogP contribution is 2.09. The van der Waals surface area contributed by atoms with Crippen LogP contribution < -0.4 is 5.73 Å². The van der Waals surface area contributed by atoms with Crippen molar-refractivity contribution in [3.63, 3.8) is 0 Å². The lowest BCUT2D eigenvalue weighted by atomic mass is 10.2. The zero-order chi connectivity index (χ0) is 8.27. The first kappa shape index (κ1) is 7.55. The van der Waals surface area contributed by atoms with E-state index in [4.69, 9.17) is 11.0 Å². The number of aryl methyl sites for hydroxylation is 1. The SMILES string of the molecule is CCc1cnc(C#N)c(N)c1. The van der Waals surface area contributed by atoms with Crippen LogP contribution >= 0.6 is 0 Å². The van der Waals surface area contributed by atoms with Crippen LogP contribution in [0.4, 0.5) is 5.69 Å². The standard InChI is InChI=1S/C8H9N3/c1-2-6-3-7(10)8(4-9)11-5-6/h3,5H,2,10H2,1H3. The Hall–Kier alpha value is -1.56. The van der Waals surface area contributed by atoms with Crippen LogP contribution in [0.5, 0.6) is 0 Å². The van der Waals surface area contributed by atoms with Gasteiger partial charge in [0, 0.05) is 6.20 Å². The predicted molar refractivity (Wildman–Crippen MR) is 42.7 cm³/mol. The highest BCUT2D eigenvalue weighted by atomic mass is 14.7. The van der Waals surface area contributed by atoms with E-state index in [1.165, 1.54) is 0 Å². The lowest BCUT2D eigenvalue weighted by Gasteiger charge is -1.98. The van der Waals surface area contributed by atoms with Gasteiger partial charge in [0.25, 0.3) is 0 Å². The molecule has 0 aromatic carbocycles. The molecule has 0 radical (unpaired) electrons. The molecule has 2 N–H and O–H groups in total. The number of nitriles is 1. The molecular formula is C8H9N3. The third-order valence-electron chi connectivity index (χ3n) is 1.49. The van der Waals surface area contributed by atoms with Crippen LogP contribution in [0.2, 0.25) is 0 Å². The summed E-state index contributed by atoms with van der Waals surface area (Å²) in [4.78, 5) is 3.88. The van der Waals surface area contributed by atoms with Gasteiger partial charge in [0.15, 0.2) is 5.69 Å². The fourth-order valence-corrected chi connectivity index (χ4v) is 0.814. The van der Waals surface area contributed by atoms with Gasteiger partial charge in [-0.2, -0.15) is 5.26 Å². The van der Waals surface area contributed by atoms with Gasteiger partial charge in [-0.3, -0.25) is 0 Å². The molecule has 0 unspecified atom stereocenters. The monoisotopic (exact) mass is 147 g/mol. The zero-order valence-corrected chi connectivity index (χ0v) is 6.33. The van der Waals surface area contributed by atoms with Crippen LogP contribution in [0, 0.1) is 11.3 Å². The van der Waals surface area contributed by atoms with Crippen molar-refractivity contribution in [2.75, 3.05) is 5.73 Å². The third-order valence-corrected chi connectivity index (χ3v) is 1.49. The molecule has 1 heterocycles. The molecule has 0 aliphatic carbocycles. The summed E-state index contributed by atoms with van der Waals surface area (Å²) in [5, 5.41) is 8.49. The van der Waals surface area contributed by atoms with Gasteiger partial charge < -0.3 is 5.73 Å². The first-order valence-electron chi connectivity index (χ1n) is 3.42. The Bertz CT molecular complexity index is 299. The topological polar surface area (TPSA) is 62.7 Å². The summed E-state index contributed by atoms with van der Waals surface area (Å²) in [7, 11) is 0. The summed E-state index contributed by atoms with van der Waals surface area (Å²) < 4.78 is 0. The Labute approximate surface area is 65.5 Å². The molecule has 0 fully saturated rings. The number of anilines is 1. The van der Waals surface area contributed by atoms with Crippen LogP contribution in [0.3, 0.4) is 0 Å². The zero-order valence-electron chi connectivity index (χ0n) is 6.33. The molecule has 0 saturated heterocycles. The maximum absolute atomic E-state index is 8.49. The first-order valence-corrected chi connectivity index (χ1v) is 3.42. The maximum Gasteiger partial charge on any atom is 0.163 e. The van der Waals surface area contributed by atoms with Crippen molar-refractivity contribution in [3.05, 3.63) is 23.5 Å². The molecule has 0 amide bonds. The summed E-state index contributed by atoms with van der Waals surface area (Å²) >= 11 is 0. The van der Waals surface area contributed by atoms with Gasteiger partial charge in [-0.05, 0) is 18.1 Å². The Balaban J connectivity index is 3.12. The molecule has 0 atom stereocenters. The number of hydrogen-bond donors (Lipinski definition) is 1. The molecule has 1 aromatic rings. The van der Waals surface area contributed by atoms with Crippen LogP contribution in [0.15, 0.2) is 12.3 Å². The fourth-order valence-electron chi connectivity index (χ4n) is 0.814. The van der Waals surface area contributed by atoms with Gasteiger partial charge in [0.2, 0.25) is 0 Å². The van der Waals surface area contributed by atoms with E-state index in [1.807, 2.05) is 13.0 Å². The van der Waals surface area contributed by atoms with Gasteiger partial charge in [0.05, 0.1) is 5.69 Å². The van der Waals surface area contributed by atoms with Crippen molar-refractivity contribution in [3.8, 4) is 6.07 Å². The predicted octanol–water partition coefficient (Wildman–Crippen LogP) is 1.10. The average molecular weight is 147 g/mol. The normalized spacial score (nSPS) is 9.09. The minimum Gasteiger partial charge on any atom is -0.396 e. The van der Waals surface area contributed by atoms with Crippen molar-refractivity contribution in [1.82, 2.24) is 4.98 Å². The van der Waals surface area contributed by atoms with Crippen molar-refractivity contribution < 1.29 is 0 Å². The number of pyridine rings is 1. The molecular weight excluding hydrogens is 138 g/mol. The summed E-state index contributed by atoms with van der Waals surface area (Å²) in [6, 6.07) is 3.69. The highest BCUT2D eigenvalue weighted by molar-refractivity contribution is 5.50. The Morgan fingerprint density at radius 3 is 2.91 bits per heavy atom. The fraction of sp³-hybridized carbons (Fsp3) is 0.250. The summed E-state index contributed by atoms with van der Waals surface area (Å²) in [5.74, 6) is 0. The number of rotatable bonds is 1. The van der Waals surface area contributed by atoms with Crippen LogP contribution in [-0.2, 0) is 6.42 Å². The minimum atomic E-state index is 0.308. The maximum atomic E-state index is 8.49. The van der Waals surface area contributed by atoms with Crippen molar-refractivity contribution >= 4 is 5.69 Å². The van der Waals surface area contributed by atoms with E-state index >= 15 is 0 Å². The lowest BCUT2D eigenvalue weighted by molar-refractivity contribution is 1.10. The van der Waals surface area contributed by atoms with E-state index in [-0.39, 0.29) is 0 Å². The number of hydrogen-bond acceptors (Lipinski definition) is 3.